The molecular weight excluding hydrogens is 419 g/mol. The van der Waals surface area contributed by atoms with Gasteiger partial charge in [-0.3, -0.25) is 4.90 Å². The minimum absolute atomic E-state index is 0. The van der Waals surface area contributed by atoms with Crippen molar-refractivity contribution in [1.82, 2.24) is 10.2 Å². The number of nitrogens with zero attached hydrogens (tertiary/aromatic N) is 1. The van der Waals surface area contributed by atoms with E-state index in [4.69, 9.17) is 0 Å². The van der Waals surface area contributed by atoms with Gasteiger partial charge in [-0.1, -0.05) is 15.9 Å². The molecule has 3 nitrogen and oxygen atoms in total. The van der Waals surface area contributed by atoms with Crippen LogP contribution in [-0.4, -0.2) is 36.2 Å². The minimum Gasteiger partial charge on any atom is -0.506 e. The highest BCUT2D eigenvalue weighted by molar-refractivity contribution is 9.11. The average Bonchev–Trinajstić information content (AvgIpc) is 2.34. The maximum atomic E-state index is 10.1. The lowest BCUT2D eigenvalue weighted by atomic mass is 10.1. The topological polar surface area (TPSA) is 35.5 Å². The highest BCUT2D eigenvalue weighted by Crippen LogP contribution is 2.37. The number of piperazine rings is 1. The Morgan fingerprint density at radius 1 is 1.21 bits per heavy atom. The van der Waals surface area contributed by atoms with Crippen LogP contribution in [0.25, 0.3) is 0 Å². The summed E-state index contributed by atoms with van der Waals surface area (Å²) < 4.78 is 1.73. The highest BCUT2D eigenvalue weighted by Gasteiger charge is 2.21. The van der Waals surface area contributed by atoms with E-state index in [-0.39, 0.29) is 30.9 Å². The number of aromatic hydroxyl groups is 1. The molecule has 1 fully saturated rings. The first-order chi connectivity index (χ1) is 8.09. The summed E-state index contributed by atoms with van der Waals surface area (Å²) in [6.07, 6.45) is 0. The van der Waals surface area contributed by atoms with Crippen molar-refractivity contribution in [3.63, 3.8) is 0 Å². The Bertz CT molecular complexity index is 415. The predicted molar refractivity (Wildman–Crippen MR) is 90.9 cm³/mol. The van der Waals surface area contributed by atoms with E-state index in [9.17, 15) is 5.11 Å². The SMILES string of the molecule is C[C@H](c1cc(Br)cc(Br)c1O)N1CCNCC1.Cl.Cl. The Kier molecular flexibility index (Phi) is 8.92. The van der Waals surface area contributed by atoms with E-state index in [0.29, 0.717) is 5.75 Å². The van der Waals surface area contributed by atoms with Gasteiger partial charge in [-0.05, 0) is 35.0 Å². The first-order valence-electron chi connectivity index (χ1n) is 5.72. The van der Waals surface area contributed by atoms with Crippen molar-refractivity contribution in [2.45, 2.75) is 13.0 Å². The maximum absolute atomic E-state index is 10.1. The maximum Gasteiger partial charge on any atom is 0.134 e. The van der Waals surface area contributed by atoms with E-state index in [2.05, 4.69) is 49.0 Å². The molecule has 0 amide bonds. The molecule has 2 rings (SSSR count). The number of phenols is 1. The second-order valence-corrected chi connectivity index (χ2v) is 6.06. The molecule has 2 N–H and O–H groups in total. The number of nitrogens with one attached hydrogen (secondary N) is 1. The highest BCUT2D eigenvalue weighted by atomic mass is 79.9. The Morgan fingerprint density at radius 2 is 1.79 bits per heavy atom. The van der Waals surface area contributed by atoms with Crippen LogP contribution in [0, 0.1) is 0 Å². The van der Waals surface area contributed by atoms with Gasteiger partial charge in [0.05, 0.1) is 4.47 Å². The lowest BCUT2D eigenvalue weighted by Gasteiger charge is -2.33. The van der Waals surface area contributed by atoms with Crippen LogP contribution in [0.15, 0.2) is 21.1 Å². The molecule has 1 heterocycles. The van der Waals surface area contributed by atoms with Crippen LogP contribution in [0.5, 0.6) is 5.75 Å². The molecule has 19 heavy (non-hydrogen) atoms. The van der Waals surface area contributed by atoms with Gasteiger partial charge < -0.3 is 10.4 Å². The van der Waals surface area contributed by atoms with E-state index in [0.717, 1.165) is 40.7 Å². The lowest BCUT2D eigenvalue weighted by Crippen LogP contribution is -2.44. The third kappa shape index (κ3) is 4.76. The smallest absolute Gasteiger partial charge is 0.134 e. The first-order valence-corrected chi connectivity index (χ1v) is 7.31. The Labute approximate surface area is 143 Å². The second-order valence-electron chi connectivity index (χ2n) is 4.29. The number of halogens is 4. The summed E-state index contributed by atoms with van der Waals surface area (Å²) in [7, 11) is 0. The molecule has 1 aliphatic rings. The third-order valence-electron chi connectivity index (χ3n) is 3.21. The molecule has 0 saturated carbocycles. The first kappa shape index (κ1) is 19.5. The molecule has 1 aromatic rings. The summed E-state index contributed by atoms with van der Waals surface area (Å²) in [5.74, 6) is 0.347. The molecular formula is C12H18Br2Cl2N2O. The molecule has 0 unspecified atom stereocenters. The van der Waals surface area contributed by atoms with Crippen LogP contribution in [0.3, 0.4) is 0 Å². The standard InChI is InChI=1S/C12H16Br2N2O.2ClH/c1-8(16-4-2-15-3-5-16)10-6-9(13)7-11(14)12(10)17;;/h6-8,15,17H,2-5H2,1H3;2*1H/t8-;;/m1../s1. The zero-order valence-corrected chi connectivity index (χ0v) is 15.3. The van der Waals surface area contributed by atoms with Gasteiger partial charge in [0.2, 0.25) is 0 Å². The van der Waals surface area contributed by atoms with Gasteiger partial charge in [-0.15, -0.1) is 24.8 Å². The zero-order chi connectivity index (χ0) is 12.4. The largest absolute Gasteiger partial charge is 0.506 e. The van der Waals surface area contributed by atoms with Crippen molar-refractivity contribution in [2.24, 2.45) is 0 Å². The van der Waals surface area contributed by atoms with Gasteiger partial charge in [0, 0.05) is 42.3 Å². The summed E-state index contributed by atoms with van der Waals surface area (Å²) >= 11 is 6.85. The molecule has 0 radical (unpaired) electrons. The summed E-state index contributed by atoms with van der Waals surface area (Å²) in [5, 5.41) is 13.4. The van der Waals surface area contributed by atoms with Crippen molar-refractivity contribution < 1.29 is 5.11 Å². The van der Waals surface area contributed by atoms with Crippen LogP contribution >= 0.6 is 56.7 Å². The van der Waals surface area contributed by atoms with Crippen molar-refractivity contribution >= 4 is 56.7 Å². The monoisotopic (exact) mass is 434 g/mol. The van der Waals surface area contributed by atoms with Crippen molar-refractivity contribution in [1.29, 1.82) is 0 Å². The van der Waals surface area contributed by atoms with Gasteiger partial charge in [0.15, 0.2) is 0 Å². The summed E-state index contributed by atoms with van der Waals surface area (Å²) in [6, 6.07) is 4.08. The molecule has 0 bridgehead atoms. The molecule has 7 heteroatoms. The van der Waals surface area contributed by atoms with Crippen molar-refractivity contribution in [3.05, 3.63) is 26.6 Å². The summed E-state index contributed by atoms with van der Waals surface area (Å²) in [4.78, 5) is 2.38. The molecule has 1 aromatic carbocycles. The third-order valence-corrected chi connectivity index (χ3v) is 4.27. The van der Waals surface area contributed by atoms with Crippen LogP contribution < -0.4 is 5.32 Å². The van der Waals surface area contributed by atoms with E-state index in [1.807, 2.05) is 12.1 Å². The van der Waals surface area contributed by atoms with Crippen LogP contribution in [-0.2, 0) is 0 Å². The number of phenolic OH excluding ortho intramolecular Hbond substituents is 1. The summed E-state index contributed by atoms with van der Waals surface area (Å²) in [5.41, 5.74) is 0.966. The van der Waals surface area contributed by atoms with E-state index < -0.39 is 0 Å². The minimum atomic E-state index is 0. The second kappa shape index (κ2) is 8.70. The quantitative estimate of drug-likeness (QED) is 0.741. The number of rotatable bonds is 2. The number of benzene rings is 1. The average molecular weight is 437 g/mol. The van der Waals surface area contributed by atoms with Crippen molar-refractivity contribution in [3.8, 4) is 5.75 Å². The molecule has 0 aliphatic carbocycles. The Morgan fingerprint density at radius 3 is 2.37 bits per heavy atom. The van der Waals surface area contributed by atoms with Gasteiger partial charge in [-0.2, -0.15) is 0 Å². The number of hydrogen-bond donors (Lipinski definition) is 2. The zero-order valence-electron chi connectivity index (χ0n) is 10.5. The van der Waals surface area contributed by atoms with E-state index >= 15 is 0 Å². The van der Waals surface area contributed by atoms with Gasteiger partial charge >= 0.3 is 0 Å². The molecule has 0 spiro atoms. The fraction of sp³-hybridized carbons (Fsp3) is 0.500. The molecule has 0 aromatic heterocycles. The van der Waals surface area contributed by atoms with Gasteiger partial charge in [0.25, 0.3) is 0 Å². The molecule has 110 valence electrons. The summed E-state index contributed by atoms with van der Waals surface area (Å²) in [6.45, 7) is 6.20. The molecule has 1 atom stereocenters. The molecule has 1 aliphatic heterocycles. The Hall–Kier alpha value is 0.480. The normalized spacial score (nSPS) is 17.2. The van der Waals surface area contributed by atoms with Gasteiger partial charge in [-0.25, -0.2) is 0 Å². The Balaban J connectivity index is 0.00000162. The lowest BCUT2D eigenvalue weighted by molar-refractivity contribution is 0.183. The number of hydrogen-bond acceptors (Lipinski definition) is 3. The van der Waals surface area contributed by atoms with Crippen LogP contribution in [0.2, 0.25) is 0 Å². The van der Waals surface area contributed by atoms with Crippen molar-refractivity contribution in [2.75, 3.05) is 26.2 Å². The fourth-order valence-electron chi connectivity index (χ4n) is 2.17. The van der Waals surface area contributed by atoms with Crippen LogP contribution in [0.1, 0.15) is 18.5 Å². The predicted octanol–water partition coefficient (Wildman–Crippen LogP) is 3.73. The van der Waals surface area contributed by atoms with E-state index in [1.54, 1.807) is 0 Å². The van der Waals surface area contributed by atoms with Crippen LogP contribution in [0.4, 0.5) is 0 Å². The van der Waals surface area contributed by atoms with Gasteiger partial charge in [0.1, 0.15) is 5.75 Å². The molecule has 1 saturated heterocycles. The van der Waals surface area contributed by atoms with E-state index in [1.165, 1.54) is 0 Å². The fourth-order valence-corrected chi connectivity index (χ4v) is 3.43.